The van der Waals surface area contributed by atoms with Gasteiger partial charge in [0.15, 0.2) is 5.82 Å². The van der Waals surface area contributed by atoms with Crippen molar-refractivity contribution in [3.63, 3.8) is 0 Å². The Morgan fingerprint density at radius 2 is 2.00 bits per heavy atom. The number of aryl methyl sites for hydroxylation is 2. The Balaban J connectivity index is 1.76. The predicted molar refractivity (Wildman–Crippen MR) is 113 cm³/mol. The number of carbonyl (C=O) groups is 1. The molecule has 4 rings (SSSR count). The lowest BCUT2D eigenvalue weighted by molar-refractivity contribution is -0.137. The lowest BCUT2D eigenvalue weighted by Crippen LogP contribution is -2.21. The fourth-order valence-electron chi connectivity index (χ4n) is 3.80. The molecule has 0 aromatic carbocycles. The maximum absolute atomic E-state index is 10.9. The van der Waals surface area contributed by atoms with Crippen molar-refractivity contribution in [1.82, 2.24) is 18.8 Å². The molecule has 0 saturated heterocycles. The summed E-state index contributed by atoms with van der Waals surface area (Å²) in [6.07, 6.45) is 5.43. The van der Waals surface area contributed by atoms with Crippen LogP contribution in [0.2, 0.25) is 0 Å². The number of carboxylic acid groups (broad SMARTS) is 1. The van der Waals surface area contributed by atoms with Crippen molar-refractivity contribution < 1.29 is 9.90 Å². The van der Waals surface area contributed by atoms with Crippen LogP contribution in [0.5, 0.6) is 0 Å². The van der Waals surface area contributed by atoms with E-state index in [9.17, 15) is 4.79 Å². The number of aromatic nitrogens is 4. The highest BCUT2D eigenvalue weighted by Crippen LogP contribution is 2.25. The van der Waals surface area contributed by atoms with Gasteiger partial charge in [0.25, 0.3) is 0 Å². The molecule has 0 amide bonds. The molecule has 1 N–H and O–H groups in total. The summed E-state index contributed by atoms with van der Waals surface area (Å²) in [5, 5.41) is 8.95. The molecule has 4 heterocycles. The van der Waals surface area contributed by atoms with Gasteiger partial charge in [0.05, 0.1) is 5.69 Å². The summed E-state index contributed by atoms with van der Waals surface area (Å²) < 4.78 is 4.30. The second-order valence-corrected chi connectivity index (χ2v) is 7.52. The predicted octanol–water partition coefficient (Wildman–Crippen LogP) is 3.49. The van der Waals surface area contributed by atoms with Gasteiger partial charge < -0.3 is 18.8 Å². The molecule has 150 valence electrons. The highest BCUT2D eigenvalue weighted by Gasteiger charge is 2.18. The maximum Gasteiger partial charge on any atom is 0.303 e. The Hall–Kier alpha value is -3.35. The first-order valence-electron chi connectivity index (χ1n) is 9.76. The highest BCUT2D eigenvalue weighted by molar-refractivity contribution is 5.66. The van der Waals surface area contributed by atoms with Crippen LogP contribution in [0.1, 0.15) is 35.5 Å². The summed E-state index contributed by atoms with van der Waals surface area (Å²) >= 11 is 0. The van der Waals surface area contributed by atoms with Gasteiger partial charge in [-0.1, -0.05) is 12.1 Å². The van der Waals surface area contributed by atoms with Crippen molar-refractivity contribution in [2.75, 3.05) is 18.5 Å². The molecule has 0 bridgehead atoms. The summed E-state index contributed by atoms with van der Waals surface area (Å²) in [6, 6.07) is 10.2. The number of rotatable bonds is 7. The minimum absolute atomic E-state index is 0.151. The van der Waals surface area contributed by atoms with Crippen molar-refractivity contribution in [2.24, 2.45) is 0 Å². The van der Waals surface area contributed by atoms with E-state index in [0.29, 0.717) is 19.4 Å². The minimum atomic E-state index is -0.773. The average Bonchev–Trinajstić information content (AvgIpc) is 3.24. The normalized spacial score (nSPS) is 11.4. The molecule has 29 heavy (non-hydrogen) atoms. The zero-order chi connectivity index (χ0) is 20.5. The standard InChI is InChI=1S/C22H25N5O2/c1-15-9-10-20-24-22(25(3)11-5-8-21(28)29)18(26(20)14-15)12-17-13-23-19-7-4-6-16(2)27(17)19/h4,6-7,9-10,13-14H,5,8,11-12H2,1-3H3,(H,28,29). The molecule has 7 nitrogen and oxygen atoms in total. The molecule has 0 spiro atoms. The number of carboxylic acids is 1. The van der Waals surface area contributed by atoms with E-state index >= 15 is 0 Å². The monoisotopic (exact) mass is 391 g/mol. The molecule has 0 unspecified atom stereocenters. The van der Waals surface area contributed by atoms with Crippen LogP contribution in [0.3, 0.4) is 0 Å². The zero-order valence-electron chi connectivity index (χ0n) is 17.0. The second kappa shape index (κ2) is 7.58. The number of aliphatic carboxylic acids is 1. The first kappa shape index (κ1) is 19.0. The molecule has 0 aliphatic carbocycles. The zero-order valence-corrected chi connectivity index (χ0v) is 17.0. The Bertz CT molecular complexity index is 1190. The van der Waals surface area contributed by atoms with Crippen molar-refractivity contribution in [3.8, 4) is 0 Å². The summed E-state index contributed by atoms with van der Waals surface area (Å²) in [5.74, 6) is 0.106. The first-order valence-corrected chi connectivity index (χ1v) is 9.76. The van der Waals surface area contributed by atoms with Crippen LogP contribution in [0.4, 0.5) is 5.82 Å². The smallest absolute Gasteiger partial charge is 0.303 e. The Morgan fingerprint density at radius 1 is 1.17 bits per heavy atom. The number of nitrogens with zero attached hydrogens (tertiary/aromatic N) is 5. The number of anilines is 1. The number of hydrogen-bond donors (Lipinski definition) is 1. The van der Waals surface area contributed by atoms with Crippen LogP contribution in [-0.2, 0) is 11.2 Å². The Kier molecular flexibility index (Phi) is 4.96. The Morgan fingerprint density at radius 3 is 2.79 bits per heavy atom. The van der Waals surface area contributed by atoms with Gasteiger partial charge in [-0.2, -0.15) is 0 Å². The lowest BCUT2D eigenvalue weighted by atomic mass is 10.2. The van der Waals surface area contributed by atoms with Crippen LogP contribution < -0.4 is 4.90 Å². The molecule has 0 fully saturated rings. The molecule has 7 heteroatoms. The first-order chi connectivity index (χ1) is 13.9. The molecule has 4 aromatic rings. The fraction of sp³-hybridized carbons (Fsp3) is 0.318. The van der Waals surface area contributed by atoms with Crippen LogP contribution in [-0.4, -0.2) is 43.4 Å². The summed E-state index contributed by atoms with van der Waals surface area (Å²) in [4.78, 5) is 22.3. The number of fused-ring (bicyclic) bond motifs is 2. The van der Waals surface area contributed by atoms with Crippen molar-refractivity contribution in [2.45, 2.75) is 33.1 Å². The van der Waals surface area contributed by atoms with Gasteiger partial charge in [-0.05, 0) is 44.0 Å². The van der Waals surface area contributed by atoms with E-state index in [1.54, 1.807) is 0 Å². The molecule has 0 radical (unpaired) electrons. The molecule has 4 aromatic heterocycles. The number of pyridine rings is 2. The van der Waals surface area contributed by atoms with Gasteiger partial charge in [-0.3, -0.25) is 4.79 Å². The van der Waals surface area contributed by atoms with Gasteiger partial charge in [0, 0.05) is 50.2 Å². The highest BCUT2D eigenvalue weighted by atomic mass is 16.4. The van der Waals surface area contributed by atoms with Crippen LogP contribution >= 0.6 is 0 Å². The quantitative estimate of drug-likeness (QED) is 0.522. The maximum atomic E-state index is 10.9. The minimum Gasteiger partial charge on any atom is -0.481 e. The van der Waals surface area contributed by atoms with Gasteiger partial charge in [-0.25, -0.2) is 9.97 Å². The van der Waals surface area contributed by atoms with Gasteiger partial charge in [-0.15, -0.1) is 0 Å². The van der Waals surface area contributed by atoms with Crippen LogP contribution in [0.25, 0.3) is 11.3 Å². The third-order valence-corrected chi connectivity index (χ3v) is 5.24. The van der Waals surface area contributed by atoms with Crippen LogP contribution in [0, 0.1) is 13.8 Å². The van der Waals surface area contributed by atoms with E-state index in [4.69, 9.17) is 10.1 Å². The van der Waals surface area contributed by atoms with Crippen molar-refractivity contribution >= 4 is 23.1 Å². The lowest BCUT2D eigenvalue weighted by Gasteiger charge is -2.18. The van der Waals surface area contributed by atoms with Gasteiger partial charge >= 0.3 is 5.97 Å². The van der Waals surface area contributed by atoms with Gasteiger partial charge in [0.1, 0.15) is 11.3 Å². The topological polar surface area (TPSA) is 75.1 Å². The van der Waals surface area contributed by atoms with E-state index < -0.39 is 5.97 Å². The van der Waals surface area contributed by atoms with Gasteiger partial charge in [0.2, 0.25) is 0 Å². The fourth-order valence-corrected chi connectivity index (χ4v) is 3.80. The summed E-state index contributed by atoms with van der Waals surface area (Å²) in [5.41, 5.74) is 6.28. The third kappa shape index (κ3) is 3.68. The van der Waals surface area contributed by atoms with Crippen molar-refractivity contribution in [3.05, 3.63) is 65.4 Å². The molecular formula is C22H25N5O2. The molecule has 0 saturated carbocycles. The van der Waals surface area contributed by atoms with Crippen LogP contribution in [0.15, 0.2) is 42.7 Å². The summed E-state index contributed by atoms with van der Waals surface area (Å²) in [7, 11) is 1.97. The molecular weight excluding hydrogens is 366 g/mol. The van der Waals surface area contributed by atoms with Crippen molar-refractivity contribution in [1.29, 1.82) is 0 Å². The average molecular weight is 391 g/mol. The van der Waals surface area contributed by atoms with E-state index in [2.05, 4.69) is 50.9 Å². The third-order valence-electron chi connectivity index (χ3n) is 5.24. The Labute approximate surface area is 169 Å². The molecule has 0 aliphatic rings. The van der Waals surface area contributed by atoms with E-state index in [0.717, 1.165) is 39.8 Å². The van der Waals surface area contributed by atoms with E-state index in [-0.39, 0.29) is 6.42 Å². The summed E-state index contributed by atoms with van der Waals surface area (Å²) in [6.45, 7) is 4.78. The van der Waals surface area contributed by atoms with E-state index in [1.165, 1.54) is 0 Å². The number of hydrogen-bond acceptors (Lipinski definition) is 4. The molecule has 0 aliphatic heterocycles. The number of imidazole rings is 2. The largest absolute Gasteiger partial charge is 0.481 e. The van der Waals surface area contributed by atoms with E-state index in [1.807, 2.05) is 31.4 Å². The molecule has 0 atom stereocenters. The second-order valence-electron chi connectivity index (χ2n) is 7.52. The SMILES string of the molecule is Cc1ccc2nc(N(C)CCCC(=O)O)c(Cc3cnc4cccc(C)n34)n2c1.